The zero-order chi connectivity index (χ0) is 21.4. The standard InChI is InChI=1S/C21H27N3O4S/c1-5-15-11-16(21(27)28-7-3)20(29-15)24-18(25)12-23-17-10-14(9-8-13(17)4)19(26)22-6-2/h8-11,23H,5-7,12H2,1-4H3,(H,22,26)(H,24,25). The molecule has 0 radical (unpaired) electrons. The molecule has 2 aromatic rings. The number of hydrogen-bond donors (Lipinski definition) is 3. The molecule has 0 saturated carbocycles. The molecule has 0 spiro atoms. The lowest BCUT2D eigenvalue weighted by Crippen LogP contribution is -2.24. The molecule has 0 fully saturated rings. The predicted molar refractivity (Wildman–Crippen MR) is 116 cm³/mol. The molecule has 0 aliphatic carbocycles. The smallest absolute Gasteiger partial charge is 0.341 e. The number of aryl methyl sites for hydroxylation is 2. The summed E-state index contributed by atoms with van der Waals surface area (Å²) in [4.78, 5) is 37.6. The highest BCUT2D eigenvalue weighted by Crippen LogP contribution is 2.29. The minimum absolute atomic E-state index is 0.00130. The van der Waals surface area contributed by atoms with Crippen molar-refractivity contribution in [2.45, 2.75) is 34.1 Å². The van der Waals surface area contributed by atoms with Crippen LogP contribution in [0.2, 0.25) is 0 Å². The molecule has 0 saturated heterocycles. The largest absolute Gasteiger partial charge is 0.462 e. The fourth-order valence-corrected chi connectivity index (χ4v) is 3.63. The van der Waals surface area contributed by atoms with Crippen LogP contribution in [0.1, 0.15) is 51.9 Å². The Balaban J connectivity index is 2.07. The summed E-state index contributed by atoms with van der Waals surface area (Å²) < 4.78 is 5.07. The van der Waals surface area contributed by atoms with Crippen molar-refractivity contribution in [2.24, 2.45) is 0 Å². The molecule has 2 rings (SSSR count). The van der Waals surface area contributed by atoms with E-state index in [0.29, 0.717) is 28.4 Å². The van der Waals surface area contributed by atoms with Crippen molar-refractivity contribution in [1.29, 1.82) is 0 Å². The Bertz CT molecular complexity index is 892. The average molecular weight is 418 g/mol. The van der Waals surface area contributed by atoms with Crippen molar-refractivity contribution in [3.8, 4) is 0 Å². The van der Waals surface area contributed by atoms with E-state index in [2.05, 4.69) is 16.0 Å². The van der Waals surface area contributed by atoms with Crippen molar-refractivity contribution in [1.82, 2.24) is 5.32 Å². The van der Waals surface area contributed by atoms with E-state index in [4.69, 9.17) is 4.74 Å². The van der Waals surface area contributed by atoms with Crippen molar-refractivity contribution in [3.63, 3.8) is 0 Å². The highest BCUT2D eigenvalue weighted by molar-refractivity contribution is 7.16. The molecule has 7 nitrogen and oxygen atoms in total. The number of esters is 1. The van der Waals surface area contributed by atoms with E-state index in [9.17, 15) is 14.4 Å². The number of ether oxygens (including phenoxy) is 1. The molecule has 2 amide bonds. The molecule has 0 aliphatic rings. The van der Waals surface area contributed by atoms with Gasteiger partial charge in [-0.1, -0.05) is 13.0 Å². The highest BCUT2D eigenvalue weighted by Gasteiger charge is 2.18. The quantitative estimate of drug-likeness (QED) is 0.542. The normalized spacial score (nSPS) is 10.3. The van der Waals surface area contributed by atoms with Gasteiger partial charge in [0.2, 0.25) is 5.91 Å². The lowest BCUT2D eigenvalue weighted by molar-refractivity contribution is -0.114. The molecule has 0 bridgehead atoms. The van der Waals surface area contributed by atoms with Crippen LogP contribution in [0.15, 0.2) is 24.3 Å². The van der Waals surface area contributed by atoms with Crippen LogP contribution in [0.25, 0.3) is 0 Å². The summed E-state index contributed by atoms with van der Waals surface area (Å²) in [5.74, 6) is -0.898. The summed E-state index contributed by atoms with van der Waals surface area (Å²) in [6.07, 6.45) is 0.761. The van der Waals surface area contributed by atoms with Crippen LogP contribution in [0.5, 0.6) is 0 Å². The van der Waals surface area contributed by atoms with Crippen LogP contribution in [0, 0.1) is 6.92 Å². The van der Waals surface area contributed by atoms with Crippen molar-refractivity contribution >= 4 is 39.8 Å². The predicted octanol–water partition coefficient (Wildman–Crippen LogP) is 3.60. The summed E-state index contributed by atoms with van der Waals surface area (Å²) in [5, 5.41) is 9.09. The molecular weight excluding hydrogens is 390 g/mol. The first-order chi connectivity index (χ1) is 13.9. The molecule has 8 heteroatoms. The maximum Gasteiger partial charge on any atom is 0.341 e. The number of hydrogen-bond acceptors (Lipinski definition) is 6. The van der Waals surface area contributed by atoms with Crippen molar-refractivity contribution in [3.05, 3.63) is 45.8 Å². The van der Waals surface area contributed by atoms with E-state index in [1.807, 2.05) is 26.8 Å². The minimum Gasteiger partial charge on any atom is -0.462 e. The van der Waals surface area contributed by atoms with Gasteiger partial charge >= 0.3 is 5.97 Å². The van der Waals surface area contributed by atoms with Gasteiger partial charge in [-0.2, -0.15) is 0 Å². The average Bonchev–Trinajstić information content (AvgIpc) is 3.10. The first kappa shape index (κ1) is 22.4. The van der Waals surface area contributed by atoms with Crippen LogP contribution in [0.3, 0.4) is 0 Å². The van der Waals surface area contributed by atoms with Crippen LogP contribution in [0.4, 0.5) is 10.7 Å². The highest BCUT2D eigenvalue weighted by atomic mass is 32.1. The number of carbonyl (C=O) groups is 3. The van der Waals surface area contributed by atoms with Gasteiger partial charge < -0.3 is 20.7 Å². The van der Waals surface area contributed by atoms with E-state index in [1.165, 1.54) is 11.3 Å². The van der Waals surface area contributed by atoms with Gasteiger partial charge in [0.15, 0.2) is 0 Å². The van der Waals surface area contributed by atoms with Gasteiger partial charge in [0.1, 0.15) is 5.00 Å². The molecule has 3 N–H and O–H groups in total. The first-order valence-corrected chi connectivity index (χ1v) is 10.4. The number of nitrogens with one attached hydrogen (secondary N) is 3. The van der Waals surface area contributed by atoms with E-state index >= 15 is 0 Å². The zero-order valence-electron chi connectivity index (χ0n) is 17.2. The molecule has 29 heavy (non-hydrogen) atoms. The Kier molecular flexibility index (Phi) is 8.21. The van der Waals surface area contributed by atoms with E-state index in [0.717, 1.165) is 16.9 Å². The van der Waals surface area contributed by atoms with Gasteiger partial charge in [-0.3, -0.25) is 9.59 Å². The van der Waals surface area contributed by atoms with Crippen LogP contribution in [-0.2, 0) is 16.0 Å². The molecule has 0 unspecified atom stereocenters. The third-order valence-electron chi connectivity index (χ3n) is 4.16. The maximum atomic E-state index is 12.5. The second kappa shape index (κ2) is 10.6. The Labute approximate surface area is 174 Å². The lowest BCUT2D eigenvalue weighted by atomic mass is 10.1. The maximum absolute atomic E-state index is 12.5. The lowest BCUT2D eigenvalue weighted by Gasteiger charge is -2.12. The van der Waals surface area contributed by atoms with E-state index < -0.39 is 5.97 Å². The van der Waals surface area contributed by atoms with Gasteiger partial charge in [-0.05, 0) is 51.0 Å². The number of thiophene rings is 1. The molecular formula is C21H27N3O4S. The SMILES string of the molecule is CCNC(=O)c1ccc(C)c(NCC(=O)Nc2sc(CC)cc2C(=O)OCC)c1. The first-order valence-electron chi connectivity index (χ1n) is 9.61. The second-order valence-corrected chi connectivity index (χ2v) is 7.46. The van der Waals surface area contributed by atoms with Crippen LogP contribution >= 0.6 is 11.3 Å². The molecule has 156 valence electrons. The van der Waals surface area contributed by atoms with Gasteiger partial charge in [-0.15, -0.1) is 11.3 Å². The Morgan fingerprint density at radius 1 is 1.10 bits per heavy atom. The second-order valence-electron chi connectivity index (χ2n) is 6.32. The molecule has 0 atom stereocenters. The topological polar surface area (TPSA) is 96.5 Å². The number of benzene rings is 1. The van der Waals surface area contributed by atoms with Gasteiger partial charge in [-0.25, -0.2) is 4.79 Å². The molecule has 1 aromatic carbocycles. The summed E-state index contributed by atoms with van der Waals surface area (Å²) in [7, 11) is 0. The van der Waals surface area contributed by atoms with Crippen molar-refractivity contribution in [2.75, 3.05) is 30.3 Å². The summed E-state index contributed by atoms with van der Waals surface area (Å²) in [6.45, 7) is 8.29. The number of amides is 2. The fraction of sp³-hybridized carbons (Fsp3) is 0.381. The van der Waals surface area contributed by atoms with Gasteiger partial charge in [0, 0.05) is 22.7 Å². The third kappa shape index (κ3) is 6.05. The monoisotopic (exact) mass is 417 g/mol. The van der Waals surface area contributed by atoms with Crippen molar-refractivity contribution < 1.29 is 19.1 Å². The molecule has 1 heterocycles. The van der Waals surface area contributed by atoms with E-state index in [1.54, 1.807) is 25.1 Å². The minimum atomic E-state index is -0.447. The van der Waals surface area contributed by atoms with Crippen LogP contribution in [-0.4, -0.2) is 37.5 Å². The third-order valence-corrected chi connectivity index (χ3v) is 5.35. The number of carbonyl (C=O) groups excluding carboxylic acids is 3. The van der Waals surface area contributed by atoms with Gasteiger partial charge in [0.05, 0.1) is 18.7 Å². The fourth-order valence-electron chi connectivity index (χ4n) is 2.63. The molecule has 0 aliphatic heterocycles. The summed E-state index contributed by atoms with van der Waals surface area (Å²) >= 11 is 1.37. The zero-order valence-corrected chi connectivity index (χ0v) is 18.0. The Hall–Kier alpha value is -2.87. The van der Waals surface area contributed by atoms with E-state index in [-0.39, 0.29) is 25.0 Å². The number of rotatable bonds is 9. The Morgan fingerprint density at radius 3 is 2.52 bits per heavy atom. The molecule has 1 aromatic heterocycles. The van der Waals surface area contributed by atoms with Gasteiger partial charge in [0.25, 0.3) is 5.91 Å². The Morgan fingerprint density at radius 2 is 1.86 bits per heavy atom. The summed E-state index contributed by atoms with van der Waals surface area (Å²) in [5.41, 5.74) is 2.52. The number of anilines is 2. The summed E-state index contributed by atoms with van der Waals surface area (Å²) in [6, 6.07) is 7.05. The van der Waals surface area contributed by atoms with Crippen LogP contribution < -0.4 is 16.0 Å².